The summed E-state index contributed by atoms with van der Waals surface area (Å²) in [5.74, 6) is -6.80. The number of halogens is 10. The molecule has 1 atom stereocenters. The Bertz CT molecular complexity index is 1850. The third-order valence-electron chi connectivity index (χ3n) is 7.77. The molecule has 16 heteroatoms. The van der Waals surface area contributed by atoms with Crippen LogP contribution in [0.3, 0.4) is 0 Å². The number of carboxylic acid groups (broad SMARTS) is 1. The second-order valence-corrected chi connectivity index (χ2v) is 11.6. The van der Waals surface area contributed by atoms with Crippen molar-refractivity contribution in [3.63, 3.8) is 0 Å². The number of unbranched alkanes of at least 4 members (excludes halogenated alkanes) is 2. The van der Waals surface area contributed by atoms with Gasteiger partial charge in [0, 0.05) is 24.5 Å². The lowest BCUT2D eigenvalue weighted by atomic mass is 9.77. The zero-order chi connectivity index (χ0) is 38.3. The molecule has 52 heavy (non-hydrogen) atoms. The van der Waals surface area contributed by atoms with Gasteiger partial charge in [-0.25, -0.2) is 13.2 Å². The van der Waals surface area contributed by atoms with Crippen molar-refractivity contribution in [3.05, 3.63) is 130 Å². The second kappa shape index (κ2) is 16.4. The Morgan fingerprint density at radius 3 is 2.02 bits per heavy atom. The molecule has 278 valence electrons. The lowest BCUT2D eigenvalue weighted by molar-refractivity contribution is -0.253. The summed E-state index contributed by atoms with van der Waals surface area (Å²) in [6, 6.07) is 13.1. The highest BCUT2D eigenvalue weighted by Crippen LogP contribution is 2.39. The number of alkyl halides is 7. The molecular formula is C36H29F10NO5. The van der Waals surface area contributed by atoms with Gasteiger partial charge in [0.15, 0.2) is 0 Å². The van der Waals surface area contributed by atoms with E-state index in [2.05, 4.69) is 10.1 Å². The number of ether oxygens (including phenoxy) is 2. The normalized spacial score (nSPS) is 13.1. The predicted molar refractivity (Wildman–Crippen MR) is 166 cm³/mol. The number of benzene rings is 4. The number of carbonyl (C=O) groups is 2. The topological polar surface area (TPSA) is 84.9 Å². The Balaban J connectivity index is 1.82. The summed E-state index contributed by atoms with van der Waals surface area (Å²) in [7, 11) is 0. The van der Waals surface area contributed by atoms with Crippen molar-refractivity contribution in [1.82, 2.24) is 5.32 Å². The standard InChI is InChI=1S/C36H29F10NO5/c37-25-10-8-23(9-11-25)34(24-17-26(38)19-28(18-24)52-36(45,46)33(40)41,47-32(50)22-7-14-30(39)29(16-22)35(42,43)44)20-21-5-12-27(13-6-21)51-15-3-1-2-4-31(48)49/h5-14,16-19,33H,1-4,15,20H2,(H,47,50)(H,48,49)/t34-/m1/s1. The van der Waals surface area contributed by atoms with E-state index in [1.54, 1.807) is 0 Å². The summed E-state index contributed by atoms with van der Waals surface area (Å²) >= 11 is 0. The minimum atomic E-state index is -5.22. The third-order valence-corrected chi connectivity index (χ3v) is 7.77. The first-order valence-corrected chi connectivity index (χ1v) is 15.4. The quantitative estimate of drug-likeness (QED) is 0.0883. The van der Waals surface area contributed by atoms with E-state index in [-0.39, 0.29) is 24.7 Å². The average Bonchev–Trinajstić information content (AvgIpc) is 3.06. The van der Waals surface area contributed by atoms with Crippen LogP contribution in [-0.2, 0) is 22.9 Å². The molecule has 2 N–H and O–H groups in total. The van der Waals surface area contributed by atoms with Crippen LogP contribution in [0.2, 0.25) is 0 Å². The van der Waals surface area contributed by atoms with Gasteiger partial charge < -0.3 is 19.9 Å². The van der Waals surface area contributed by atoms with Gasteiger partial charge in [0.1, 0.15) is 29.0 Å². The SMILES string of the molecule is O=C(O)CCCCCOc1ccc(C[C@@](NC(=O)c2ccc(F)c(C(F)(F)F)c2)(c2ccc(F)cc2)c2cc(F)cc(OC(F)(F)C(F)F)c2)cc1. The number of nitrogens with one attached hydrogen (secondary N) is 1. The highest BCUT2D eigenvalue weighted by Gasteiger charge is 2.45. The van der Waals surface area contributed by atoms with Gasteiger partial charge >= 0.3 is 24.7 Å². The lowest BCUT2D eigenvalue weighted by Crippen LogP contribution is -2.49. The van der Waals surface area contributed by atoms with Gasteiger partial charge in [0.05, 0.1) is 17.7 Å². The minimum Gasteiger partial charge on any atom is -0.494 e. The van der Waals surface area contributed by atoms with Crippen molar-refractivity contribution in [3.8, 4) is 11.5 Å². The van der Waals surface area contributed by atoms with E-state index in [0.717, 1.165) is 36.4 Å². The number of carboxylic acids is 1. The minimum absolute atomic E-state index is 0.000723. The van der Waals surface area contributed by atoms with E-state index in [0.29, 0.717) is 48.8 Å². The Hall–Kier alpha value is -5.28. The predicted octanol–water partition coefficient (Wildman–Crippen LogP) is 9.30. The molecule has 0 heterocycles. The maximum absolute atomic E-state index is 15.1. The monoisotopic (exact) mass is 745 g/mol. The first kappa shape index (κ1) is 39.5. The van der Waals surface area contributed by atoms with Gasteiger partial charge in [-0.1, -0.05) is 24.3 Å². The van der Waals surface area contributed by atoms with E-state index in [1.807, 2.05) is 0 Å². The summed E-state index contributed by atoms with van der Waals surface area (Å²) in [5.41, 5.74) is -4.90. The summed E-state index contributed by atoms with van der Waals surface area (Å²) in [5, 5.41) is 11.2. The van der Waals surface area contributed by atoms with Crippen LogP contribution in [0.1, 0.15) is 58.3 Å². The molecule has 0 fully saturated rings. The fraction of sp³-hybridized carbons (Fsp3) is 0.278. The molecule has 0 aliphatic rings. The van der Waals surface area contributed by atoms with Crippen molar-refractivity contribution in [2.75, 3.05) is 6.61 Å². The number of rotatable bonds is 16. The highest BCUT2D eigenvalue weighted by molar-refractivity contribution is 5.95. The number of amides is 1. The molecule has 4 rings (SSSR count). The molecule has 1 amide bonds. The van der Waals surface area contributed by atoms with Gasteiger partial charge in [-0.05, 0) is 90.6 Å². The summed E-state index contributed by atoms with van der Waals surface area (Å²) in [4.78, 5) is 24.4. The molecule has 0 unspecified atom stereocenters. The number of carbonyl (C=O) groups excluding carboxylic acids is 1. The van der Waals surface area contributed by atoms with Crippen LogP contribution in [0.15, 0.2) is 84.9 Å². The van der Waals surface area contributed by atoms with E-state index < -0.39 is 82.4 Å². The maximum atomic E-state index is 15.1. The van der Waals surface area contributed by atoms with Gasteiger partial charge in [0.25, 0.3) is 5.91 Å². The molecule has 0 aromatic heterocycles. The Morgan fingerprint density at radius 1 is 0.731 bits per heavy atom. The molecule has 0 bridgehead atoms. The molecule has 0 spiro atoms. The lowest BCUT2D eigenvalue weighted by Gasteiger charge is -2.37. The van der Waals surface area contributed by atoms with Crippen LogP contribution >= 0.6 is 0 Å². The van der Waals surface area contributed by atoms with Crippen molar-refractivity contribution in [1.29, 1.82) is 0 Å². The molecule has 4 aromatic rings. The summed E-state index contributed by atoms with van der Waals surface area (Å²) in [6.45, 7) is 0.224. The molecule has 0 saturated carbocycles. The number of hydrogen-bond acceptors (Lipinski definition) is 4. The van der Waals surface area contributed by atoms with Gasteiger partial charge in [0.2, 0.25) is 0 Å². The van der Waals surface area contributed by atoms with Crippen molar-refractivity contribution >= 4 is 11.9 Å². The zero-order valence-electron chi connectivity index (χ0n) is 26.8. The molecule has 0 aliphatic carbocycles. The van der Waals surface area contributed by atoms with E-state index >= 15 is 4.39 Å². The van der Waals surface area contributed by atoms with E-state index in [9.17, 15) is 49.1 Å². The summed E-state index contributed by atoms with van der Waals surface area (Å²) in [6.07, 6.45) is -13.6. The number of hydrogen-bond donors (Lipinski definition) is 2. The molecule has 0 saturated heterocycles. The van der Waals surface area contributed by atoms with Gasteiger partial charge in [-0.15, -0.1) is 0 Å². The first-order valence-electron chi connectivity index (χ1n) is 15.4. The van der Waals surface area contributed by atoms with Crippen LogP contribution < -0.4 is 14.8 Å². The zero-order valence-corrected chi connectivity index (χ0v) is 26.8. The van der Waals surface area contributed by atoms with E-state index in [4.69, 9.17) is 9.84 Å². The first-order chi connectivity index (χ1) is 24.4. The van der Waals surface area contributed by atoms with Crippen LogP contribution in [0.4, 0.5) is 43.9 Å². The fourth-order valence-electron chi connectivity index (χ4n) is 5.27. The maximum Gasteiger partial charge on any atom is 0.461 e. The van der Waals surface area contributed by atoms with Crippen LogP contribution in [-0.4, -0.2) is 36.1 Å². The summed E-state index contributed by atoms with van der Waals surface area (Å²) < 4.78 is 148. The average molecular weight is 746 g/mol. The molecular weight excluding hydrogens is 716 g/mol. The third kappa shape index (κ3) is 10.2. The Labute approximate surface area is 290 Å². The highest BCUT2D eigenvalue weighted by atomic mass is 19.4. The molecule has 0 radical (unpaired) electrons. The van der Waals surface area contributed by atoms with Crippen molar-refractivity contribution in [2.45, 2.75) is 56.4 Å². The van der Waals surface area contributed by atoms with Gasteiger partial charge in [-0.3, -0.25) is 9.59 Å². The number of aliphatic carboxylic acids is 1. The van der Waals surface area contributed by atoms with Gasteiger partial charge in [-0.2, -0.15) is 30.7 Å². The van der Waals surface area contributed by atoms with Crippen molar-refractivity contribution < 1.29 is 68.1 Å². The molecule has 0 aliphatic heterocycles. The Kier molecular flexibility index (Phi) is 12.4. The van der Waals surface area contributed by atoms with Crippen LogP contribution in [0.25, 0.3) is 0 Å². The van der Waals surface area contributed by atoms with E-state index in [1.165, 1.54) is 24.3 Å². The van der Waals surface area contributed by atoms with Crippen molar-refractivity contribution in [2.24, 2.45) is 0 Å². The van der Waals surface area contributed by atoms with Crippen LogP contribution in [0, 0.1) is 17.5 Å². The second-order valence-electron chi connectivity index (χ2n) is 11.6. The fourth-order valence-corrected chi connectivity index (χ4v) is 5.27. The largest absolute Gasteiger partial charge is 0.494 e. The Morgan fingerprint density at radius 2 is 1.40 bits per heavy atom. The van der Waals surface area contributed by atoms with Crippen LogP contribution in [0.5, 0.6) is 11.5 Å². The smallest absolute Gasteiger partial charge is 0.461 e. The molecule has 4 aromatic carbocycles. The molecule has 6 nitrogen and oxygen atoms in total.